The van der Waals surface area contributed by atoms with Crippen molar-refractivity contribution in [3.05, 3.63) is 58.0 Å². The van der Waals surface area contributed by atoms with Crippen LogP contribution in [0.3, 0.4) is 0 Å². The van der Waals surface area contributed by atoms with E-state index in [0.717, 1.165) is 16.5 Å². The maximum Gasteiger partial charge on any atom is 0.319 e. The van der Waals surface area contributed by atoms with Gasteiger partial charge in [-0.25, -0.2) is 4.79 Å². The van der Waals surface area contributed by atoms with E-state index in [1.54, 1.807) is 6.07 Å². The Morgan fingerprint density at radius 2 is 1.96 bits per heavy atom. The smallest absolute Gasteiger partial charge is 0.319 e. The summed E-state index contributed by atoms with van der Waals surface area (Å²) in [4.78, 5) is 39.0. The number of Topliss-reactive ketones (excluding diaryl/α,β-unsaturated/α-hetero) is 1. The number of amides is 2. The first-order chi connectivity index (χ1) is 10.9. The van der Waals surface area contributed by atoms with Crippen molar-refractivity contribution in [3.63, 3.8) is 0 Å². The molecule has 3 N–H and O–H groups in total. The number of aromatic amines is 1. The molecule has 0 unspecified atom stereocenters. The van der Waals surface area contributed by atoms with Gasteiger partial charge >= 0.3 is 6.03 Å². The quantitative estimate of drug-likeness (QED) is 0.791. The lowest BCUT2D eigenvalue weighted by atomic mass is 9.86. The third-order valence-corrected chi connectivity index (χ3v) is 4.07. The molecule has 1 aliphatic rings. The van der Waals surface area contributed by atoms with Gasteiger partial charge in [-0.3, -0.25) is 9.59 Å². The molecule has 0 saturated carbocycles. The molecule has 0 aliphatic carbocycles. The zero-order valence-electron chi connectivity index (χ0n) is 12.9. The predicted molar refractivity (Wildman–Crippen MR) is 87.0 cm³/mol. The molecule has 1 aromatic carbocycles. The van der Waals surface area contributed by atoms with Gasteiger partial charge in [0.15, 0.2) is 0 Å². The first-order valence-electron chi connectivity index (χ1n) is 7.27. The number of rotatable bonds is 2. The van der Waals surface area contributed by atoms with E-state index in [0.29, 0.717) is 11.3 Å². The molecule has 0 spiro atoms. The minimum Gasteiger partial charge on any atom is -0.330 e. The van der Waals surface area contributed by atoms with Crippen LogP contribution >= 0.6 is 0 Å². The van der Waals surface area contributed by atoms with Crippen LogP contribution < -0.4 is 16.2 Å². The Hall–Kier alpha value is -2.89. The number of aromatic nitrogens is 1. The van der Waals surface area contributed by atoms with E-state index in [9.17, 15) is 14.4 Å². The van der Waals surface area contributed by atoms with Crippen LogP contribution in [0.25, 0.3) is 10.9 Å². The van der Waals surface area contributed by atoms with Crippen molar-refractivity contribution in [2.45, 2.75) is 19.9 Å². The van der Waals surface area contributed by atoms with Gasteiger partial charge in [0.05, 0.1) is 12.0 Å². The van der Waals surface area contributed by atoms with Crippen LogP contribution in [-0.2, 0) is 4.79 Å². The number of H-pyrrole nitrogens is 1. The van der Waals surface area contributed by atoms with E-state index in [4.69, 9.17) is 0 Å². The molecule has 1 fully saturated rings. The molecular formula is C17H17N3O3. The second-order valence-corrected chi connectivity index (χ2v) is 5.83. The van der Waals surface area contributed by atoms with Crippen molar-refractivity contribution in [1.29, 1.82) is 0 Å². The molecule has 0 bridgehead atoms. The van der Waals surface area contributed by atoms with Crippen LogP contribution in [0.2, 0.25) is 0 Å². The zero-order chi connectivity index (χ0) is 16.7. The molecule has 1 aliphatic heterocycles. The minimum absolute atomic E-state index is 0.170. The SMILES string of the molecule is C=C1NC(=O)N[C@@H](c2cc3ccc(C)cc3[nH]c2=O)[C@@H]1C(C)=O. The van der Waals surface area contributed by atoms with Gasteiger partial charge in [0, 0.05) is 16.8 Å². The topological polar surface area (TPSA) is 91.1 Å². The summed E-state index contributed by atoms with van der Waals surface area (Å²) in [7, 11) is 0. The summed E-state index contributed by atoms with van der Waals surface area (Å²) in [5.41, 5.74) is 2.07. The van der Waals surface area contributed by atoms with E-state index in [1.807, 2.05) is 25.1 Å². The number of carbonyl (C=O) groups excluding carboxylic acids is 2. The molecule has 2 atom stereocenters. The first-order valence-corrected chi connectivity index (χ1v) is 7.27. The molecular weight excluding hydrogens is 294 g/mol. The molecule has 2 aromatic rings. The number of nitrogens with one attached hydrogen (secondary N) is 3. The van der Waals surface area contributed by atoms with Crippen LogP contribution in [0.4, 0.5) is 4.79 Å². The Kier molecular flexibility index (Phi) is 3.52. The van der Waals surface area contributed by atoms with Gasteiger partial charge in [0.1, 0.15) is 5.78 Å². The zero-order valence-corrected chi connectivity index (χ0v) is 12.9. The molecule has 2 amide bonds. The summed E-state index contributed by atoms with van der Waals surface area (Å²) in [6.45, 7) is 7.10. The molecule has 6 nitrogen and oxygen atoms in total. The molecule has 0 radical (unpaired) electrons. The summed E-state index contributed by atoms with van der Waals surface area (Å²) in [6, 6.07) is 6.22. The molecule has 1 aromatic heterocycles. The van der Waals surface area contributed by atoms with E-state index in [-0.39, 0.29) is 11.3 Å². The summed E-state index contributed by atoms with van der Waals surface area (Å²) < 4.78 is 0. The minimum atomic E-state index is -0.733. The lowest BCUT2D eigenvalue weighted by molar-refractivity contribution is -0.120. The van der Waals surface area contributed by atoms with E-state index in [1.165, 1.54) is 6.92 Å². The highest BCUT2D eigenvalue weighted by atomic mass is 16.2. The van der Waals surface area contributed by atoms with Crippen molar-refractivity contribution < 1.29 is 9.59 Å². The summed E-state index contributed by atoms with van der Waals surface area (Å²) in [5.74, 6) is -0.854. The van der Waals surface area contributed by atoms with Crippen LogP contribution in [0.15, 0.2) is 41.3 Å². The molecule has 6 heteroatoms. The van der Waals surface area contributed by atoms with E-state index in [2.05, 4.69) is 22.2 Å². The third-order valence-electron chi connectivity index (χ3n) is 4.07. The number of fused-ring (bicyclic) bond motifs is 1. The Bertz CT molecular complexity index is 898. The maximum atomic E-state index is 12.5. The van der Waals surface area contributed by atoms with E-state index >= 15 is 0 Å². The first kappa shape index (κ1) is 15.0. The van der Waals surface area contributed by atoms with Crippen LogP contribution in [0.5, 0.6) is 0 Å². The Morgan fingerprint density at radius 3 is 2.65 bits per heavy atom. The largest absolute Gasteiger partial charge is 0.330 e. The van der Waals surface area contributed by atoms with Crippen molar-refractivity contribution in [2.24, 2.45) is 5.92 Å². The monoisotopic (exact) mass is 311 g/mol. The number of carbonyl (C=O) groups is 2. The van der Waals surface area contributed by atoms with Crippen molar-refractivity contribution in [1.82, 2.24) is 15.6 Å². The Balaban J connectivity index is 2.17. The normalized spacial score (nSPS) is 21.0. The summed E-state index contributed by atoms with van der Waals surface area (Å²) in [6.07, 6.45) is 0. The molecule has 1 saturated heterocycles. The van der Waals surface area contributed by atoms with Gasteiger partial charge in [-0.2, -0.15) is 0 Å². The van der Waals surface area contributed by atoms with Gasteiger partial charge in [-0.05, 0) is 36.9 Å². The van der Waals surface area contributed by atoms with Gasteiger partial charge in [-0.15, -0.1) is 0 Å². The average Bonchev–Trinajstić information content (AvgIpc) is 2.44. The molecule has 23 heavy (non-hydrogen) atoms. The number of hydrogen-bond donors (Lipinski definition) is 3. The lowest BCUT2D eigenvalue weighted by Gasteiger charge is -2.32. The fraction of sp³-hybridized carbons (Fsp3) is 0.235. The average molecular weight is 311 g/mol. The highest BCUT2D eigenvalue weighted by Crippen LogP contribution is 2.29. The molecule has 118 valence electrons. The van der Waals surface area contributed by atoms with Crippen LogP contribution in [0.1, 0.15) is 24.1 Å². The van der Waals surface area contributed by atoms with Gasteiger partial charge in [0.2, 0.25) is 0 Å². The number of pyridine rings is 1. The second kappa shape index (κ2) is 5.39. The second-order valence-electron chi connectivity index (χ2n) is 5.83. The summed E-state index contributed by atoms with van der Waals surface area (Å²) in [5, 5.41) is 6.00. The van der Waals surface area contributed by atoms with Gasteiger partial charge in [-0.1, -0.05) is 18.7 Å². The third kappa shape index (κ3) is 2.63. The van der Waals surface area contributed by atoms with Crippen molar-refractivity contribution in [2.75, 3.05) is 0 Å². The molecule has 3 rings (SSSR count). The number of hydrogen-bond acceptors (Lipinski definition) is 3. The fourth-order valence-electron chi connectivity index (χ4n) is 2.99. The number of ketones is 1. The fourth-order valence-corrected chi connectivity index (χ4v) is 2.99. The number of aryl methyl sites for hydroxylation is 1. The van der Waals surface area contributed by atoms with Gasteiger partial charge in [0.25, 0.3) is 5.56 Å². The number of benzene rings is 1. The molecule has 2 heterocycles. The van der Waals surface area contributed by atoms with Crippen LogP contribution in [-0.4, -0.2) is 16.8 Å². The highest BCUT2D eigenvalue weighted by molar-refractivity contribution is 5.88. The van der Waals surface area contributed by atoms with Crippen molar-refractivity contribution >= 4 is 22.7 Å². The standard InChI is InChI=1S/C17H17N3O3/c1-8-4-5-11-7-12(16(22)19-13(11)6-8)15-14(10(3)21)9(2)18-17(23)20-15/h4-7,14-15H,2H2,1,3H3,(H,19,22)(H2,18,20,23)/t14-,15-/m0/s1. The Labute approximate surface area is 132 Å². The number of urea groups is 1. The summed E-state index contributed by atoms with van der Waals surface area (Å²) >= 11 is 0. The highest BCUT2D eigenvalue weighted by Gasteiger charge is 2.37. The maximum absolute atomic E-state index is 12.5. The van der Waals surface area contributed by atoms with Gasteiger partial charge < -0.3 is 15.6 Å². The van der Waals surface area contributed by atoms with Crippen LogP contribution in [0, 0.1) is 12.8 Å². The van der Waals surface area contributed by atoms with Crippen molar-refractivity contribution in [3.8, 4) is 0 Å². The Morgan fingerprint density at radius 1 is 1.22 bits per heavy atom. The lowest BCUT2D eigenvalue weighted by Crippen LogP contribution is -2.51. The van der Waals surface area contributed by atoms with E-state index < -0.39 is 18.0 Å². The predicted octanol–water partition coefficient (Wildman–Crippen LogP) is 1.91.